The van der Waals surface area contributed by atoms with Crippen LogP contribution in [-0.4, -0.2) is 32.8 Å². The summed E-state index contributed by atoms with van der Waals surface area (Å²) in [5, 5.41) is 0. The average Bonchev–Trinajstić information content (AvgIpc) is 3.21. The Bertz CT molecular complexity index is 1030. The van der Waals surface area contributed by atoms with E-state index in [2.05, 4.69) is 22.6 Å². The summed E-state index contributed by atoms with van der Waals surface area (Å²) < 4.78 is 28.8. The maximum absolute atomic E-state index is 13.0. The number of benzene rings is 2. The Labute approximate surface area is 166 Å². The van der Waals surface area contributed by atoms with Gasteiger partial charge in [0.15, 0.2) is 0 Å². The van der Waals surface area contributed by atoms with E-state index >= 15 is 0 Å². The monoisotopic (exact) mass is 399 g/mol. The molecule has 2 heterocycles. The lowest BCUT2D eigenvalue weighted by molar-refractivity contribution is -0.117. The van der Waals surface area contributed by atoms with E-state index in [0.29, 0.717) is 5.69 Å². The molecule has 2 aliphatic heterocycles. The fourth-order valence-corrected chi connectivity index (χ4v) is 5.09. The van der Waals surface area contributed by atoms with Crippen LogP contribution in [0.3, 0.4) is 0 Å². The number of likely N-dealkylation sites (N-methyl/N-ethyl adjacent to an activating group) is 1. The third-order valence-corrected chi connectivity index (χ3v) is 6.92. The molecule has 6 nitrogen and oxygen atoms in total. The van der Waals surface area contributed by atoms with Gasteiger partial charge < -0.3 is 4.90 Å². The van der Waals surface area contributed by atoms with Crippen LogP contribution >= 0.6 is 0 Å². The van der Waals surface area contributed by atoms with Crippen molar-refractivity contribution < 1.29 is 13.2 Å². The topological polar surface area (TPSA) is 69.7 Å². The smallest absolute Gasteiger partial charge is 0.261 e. The van der Waals surface area contributed by atoms with E-state index in [1.807, 2.05) is 12.1 Å². The number of carbonyl (C=O) groups excluding carboxylic acids is 1. The van der Waals surface area contributed by atoms with E-state index in [9.17, 15) is 13.2 Å². The van der Waals surface area contributed by atoms with Crippen molar-refractivity contribution in [3.8, 4) is 0 Å². The zero-order chi connectivity index (χ0) is 19.9. The van der Waals surface area contributed by atoms with Crippen LogP contribution in [0.5, 0.6) is 0 Å². The van der Waals surface area contributed by atoms with Crippen molar-refractivity contribution in [2.75, 3.05) is 23.2 Å². The van der Waals surface area contributed by atoms with E-state index in [-0.39, 0.29) is 17.2 Å². The number of nitrogens with one attached hydrogen (secondary N) is 1. The van der Waals surface area contributed by atoms with Gasteiger partial charge in [0.05, 0.1) is 17.0 Å². The Hall–Kier alpha value is -2.38. The first-order valence-corrected chi connectivity index (χ1v) is 11.1. The summed E-state index contributed by atoms with van der Waals surface area (Å²) in [5.74, 6) is -0.0226. The normalized spacial score (nSPS) is 16.4. The standard InChI is InChI=1S/C21H25N3O3S/c1-3-4-10-24-13-15-6-5-7-19(18(15)14-24)22-28(26,27)17-8-9-20-16(11-17)12-21(25)23(20)2/h5-9,11,22H,3-4,10,12-14H2,1-2H3. The number of rotatable bonds is 6. The van der Waals surface area contributed by atoms with Crippen molar-refractivity contribution in [3.63, 3.8) is 0 Å². The molecule has 28 heavy (non-hydrogen) atoms. The van der Waals surface area contributed by atoms with Gasteiger partial charge in [-0.1, -0.05) is 25.5 Å². The summed E-state index contributed by atoms with van der Waals surface area (Å²) in [6, 6.07) is 10.7. The molecule has 2 aromatic rings. The number of hydrogen-bond donors (Lipinski definition) is 1. The second-order valence-electron chi connectivity index (χ2n) is 7.53. The Balaban J connectivity index is 1.58. The van der Waals surface area contributed by atoms with Crippen LogP contribution in [0.2, 0.25) is 0 Å². The summed E-state index contributed by atoms with van der Waals surface area (Å²) in [4.78, 5) is 16.0. The fourth-order valence-electron chi connectivity index (χ4n) is 3.94. The van der Waals surface area contributed by atoms with Crippen LogP contribution in [0.15, 0.2) is 41.3 Å². The van der Waals surface area contributed by atoms with Gasteiger partial charge in [0, 0.05) is 25.8 Å². The maximum Gasteiger partial charge on any atom is 0.261 e. The van der Waals surface area contributed by atoms with Gasteiger partial charge in [0.25, 0.3) is 10.0 Å². The van der Waals surface area contributed by atoms with Gasteiger partial charge in [-0.15, -0.1) is 0 Å². The van der Waals surface area contributed by atoms with Crippen LogP contribution < -0.4 is 9.62 Å². The van der Waals surface area contributed by atoms with Crippen LogP contribution in [0.25, 0.3) is 0 Å². The van der Waals surface area contributed by atoms with E-state index in [0.717, 1.165) is 49.3 Å². The van der Waals surface area contributed by atoms with Gasteiger partial charge in [0.2, 0.25) is 5.91 Å². The van der Waals surface area contributed by atoms with Crippen LogP contribution in [0.1, 0.15) is 36.5 Å². The molecule has 0 saturated carbocycles. The summed E-state index contributed by atoms with van der Waals surface area (Å²) in [6.07, 6.45) is 2.52. The minimum Gasteiger partial charge on any atom is -0.315 e. The average molecular weight is 400 g/mol. The minimum absolute atomic E-state index is 0.0226. The van der Waals surface area contributed by atoms with Crippen molar-refractivity contribution in [2.24, 2.45) is 0 Å². The van der Waals surface area contributed by atoms with E-state index in [1.165, 1.54) is 5.56 Å². The highest BCUT2D eigenvalue weighted by atomic mass is 32.2. The molecule has 0 atom stereocenters. The molecule has 1 N–H and O–H groups in total. The molecule has 2 aliphatic rings. The lowest BCUT2D eigenvalue weighted by Gasteiger charge is -2.15. The Morgan fingerprint density at radius 1 is 1.11 bits per heavy atom. The molecular formula is C21H25N3O3S. The number of anilines is 2. The van der Waals surface area contributed by atoms with Crippen molar-refractivity contribution in [1.29, 1.82) is 0 Å². The summed E-state index contributed by atoms with van der Waals surface area (Å²) in [7, 11) is -2.02. The SMILES string of the molecule is CCCCN1Cc2cccc(NS(=O)(=O)c3ccc4c(c3)CC(=O)N4C)c2C1. The molecule has 0 aliphatic carbocycles. The second-order valence-corrected chi connectivity index (χ2v) is 9.22. The molecule has 0 bridgehead atoms. The molecule has 4 rings (SSSR count). The summed E-state index contributed by atoms with van der Waals surface area (Å²) in [6.45, 7) is 4.81. The van der Waals surface area contributed by atoms with Gasteiger partial charge >= 0.3 is 0 Å². The van der Waals surface area contributed by atoms with Crippen molar-refractivity contribution in [1.82, 2.24) is 4.90 Å². The highest BCUT2D eigenvalue weighted by molar-refractivity contribution is 7.92. The number of amides is 1. The Morgan fingerprint density at radius 3 is 2.71 bits per heavy atom. The molecule has 2 aromatic carbocycles. The number of nitrogens with zero attached hydrogens (tertiary/aromatic N) is 2. The quantitative estimate of drug-likeness (QED) is 0.810. The summed E-state index contributed by atoms with van der Waals surface area (Å²) in [5.41, 5.74) is 4.40. The molecular weight excluding hydrogens is 374 g/mol. The first kappa shape index (κ1) is 19.0. The van der Waals surface area contributed by atoms with Crippen LogP contribution in [-0.2, 0) is 34.3 Å². The van der Waals surface area contributed by atoms with Crippen molar-refractivity contribution in [3.05, 3.63) is 53.1 Å². The number of hydrogen-bond acceptors (Lipinski definition) is 4. The number of carbonyl (C=O) groups is 1. The van der Waals surface area contributed by atoms with Crippen LogP contribution in [0, 0.1) is 0 Å². The zero-order valence-electron chi connectivity index (χ0n) is 16.2. The van der Waals surface area contributed by atoms with E-state index in [1.54, 1.807) is 30.1 Å². The highest BCUT2D eigenvalue weighted by Crippen LogP contribution is 2.33. The fraction of sp³-hybridized carbons (Fsp3) is 0.381. The first-order valence-electron chi connectivity index (χ1n) is 9.64. The lowest BCUT2D eigenvalue weighted by atomic mass is 10.1. The third-order valence-electron chi connectivity index (χ3n) is 5.56. The van der Waals surface area contributed by atoms with Gasteiger partial charge in [-0.05, 0) is 53.9 Å². The predicted octanol–water partition coefficient (Wildman–Crippen LogP) is 3.12. The summed E-state index contributed by atoms with van der Waals surface area (Å²) >= 11 is 0. The maximum atomic E-state index is 13.0. The molecule has 0 fully saturated rings. The molecule has 0 aromatic heterocycles. The largest absolute Gasteiger partial charge is 0.315 e. The highest BCUT2D eigenvalue weighted by Gasteiger charge is 2.27. The molecule has 0 radical (unpaired) electrons. The van der Waals surface area contributed by atoms with Crippen LogP contribution in [0.4, 0.5) is 11.4 Å². The first-order chi connectivity index (χ1) is 13.4. The van der Waals surface area contributed by atoms with Gasteiger partial charge in [0.1, 0.15) is 0 Å². The van der Waals surface area contributed by atoms with E-state index < -0.39 is 10.0 Å². The molecule has 0 spiro atoms. The number of unbranched alkanes of at least 4 members (excludes halogenated alkanes) is 1. The van der Waals surface area contributed by atoms with Gasteiger partial charge in [-0.2, -0.15) is 0 Å². The molecule has 1 amide bonds. The minimum atomic E-state index is -3.72. The number of fused-ring (bicyclic) bond motifs is 2. The molecule has 0 saturated heterocycles. The Morgan fingerprint density at radius 2 is 1.93 bits per heavy atom. The molecule has 0 unspecified atom stereocenters. The van der Waals surface area contributed by atoms with E-state index in [4.69, 9.17) is 0 Å². The van der Waals surface area contributed by atoms with Crippen molar-refractivity contribution in [2.45, 2.75) is 44.2 Å². The number of sulfonamides is 1. The third kappa shape index (κ3) is 3.40. The van der Waals surface area contributed by atoms with Gasteiger partial charge in [-0.25, -0.2) is 8.42 Å². The molecule has 7 heteroatoms. The zero-order valence-corrected chi connectivity index (χ0v) is 17.1. The van der Waals surface area contributed by atoms with Crippen molar-refractivity contribution >= 4 is 27.3 Å². The predicted molar refractivity (Wildman–Crippen MR) is 110 cm³/mol. The lowest BCUT2D eigenvalue weighted by Crippen LogP contribution is -2.20. The Kier molecular flexibility index (Phi) is 4.89. The second kappa shape index (κ2) is 7.22. The van der Waals surface area contributed by atoms with Gasteiger partial charge in [-0.3, -0.25) is 14.4 Å². The molecule has 148 valence electrons.